The Hall–Kier alpha value is -2.41. The zero-order valence-electron chi connectivity index (χ0n) is 23.9. The first-order valence-corrected chi connectivity index (χ1v) is 14.1. The van der Waals surface area contributed by atoms with E-state index < -0.39 is 55.5 Å². The highest BCUT2D eigenvalue weighted by molar-refractivity contribution is 5.82. The van der Waals surface area contributed by atoms with Crippen LogP contribution in [0.4, 0.5) is 0 Å². The third-order valence-electron chi connectivity index (χ3n) is 6.67. The molecule has 5 N–H and O–H groups in total. The highest BCUT2D eigenvalue weighted by atomic mass is 16.7. The summed E-state index contributed by atoms with van der Waals surface area (Å²) in [6.45, 7) is 1.29. The number of ether oxygens (including phenoxy) is 4. The Morgan fingerprint density at radius 1 is 0.878 bits per heavy atom. The molecule has 0 spiro atoms. The third-order valence-corrected chi connectivity index (χ3v) is 6.67. The van der Waals surface area contributed by atoms with Gasteiger partial charge in [0.25, 0.3) is 0 Å². The van der Waals surface area contributed by atoms with Gasteiger partial charge in [-0.05, 0) is 39.0 Å². The average Bonchev–Trinajstić information content (AvgIpc) is 2.94. The van der Waals surface area contributed by atoms with E-state index in [0.29, 0.717) is 19.3 Å². The highest BCUT2D eigenvalue weighted by Crippen LogP contribution is 2.24. The van der Waals surface area contributed by atoms with Crippen molar-refractivity contribution in [2.75, 3.05) is 13.7 Å². The van der Waals surface area contributed by atoms with Gasteiger partial charge in [-0.1, -0.05) is 66.8 Å². The summed E-state index contributed by atoms with van der Waals surface area (Å²) in [7, 11) is 1.60. The molecule has 0 aromatic carbocycles. The lowest BCUT2D eigenvalue weighted by Crippen LogP contribution is -2.59. The topological polar surface area (TPSA) is 155 Å². The summed E-state index contributed by atoms with van der Waals surface area (Å²) in [5.41, 5.74) is 0. The fourth-order valence-electron chi connectivity index (χ4n) is 4.26. The van der Waals surface area contributed by atoms with Gasteiger partial charge in [0.2, 0.25) is 0 Å². The van der Waals surface area contributed by atoms with Gasteiger partial charge in [-0.25, -0.2) is 4.79 Å². The molecule has 10 heteroatoms. The first-order chi connectivity index (χ1) is 19.7. The molecule has 0 aromatic heterocycles. The maximum absolute atomic E-state index is 12.1. The minimum atomic E-state index is -1.56. The van der Waals surface area contributed by atoms with Crippen LogP contribution in [0.15, 0.2) is 72.9 Å². The van der Waals surface area contributed by atoms with Crippen molar-refractivity contribution >= 4 is 5.97 Å². The molecule has 0 aromatic rings. The number of carbonyl (C=O) groups is 1. The van der Waals surface area contributed by atoms with Gasteiger partial charge < -0.3 is 44.5 Å². The molecule has 1 saturated heterocycles. The molecule has 1 fully saturated rings. The molecule has 9 atom stereocenters. The van der Waals surface area contributed by atoms with Crippen LogP contribution in [-0.2, 0) is 23.7 Å². The maximum Gasteiger partial charge on any atom is 0.331 e. The standard InChI is InChI=1S/C31H46O10/c1-22-14-8-4-3-5-10-18-25(38-2)20-23(33)15-9-6-11-16-24(17-12-7-13-19-27(34)39-22)40-31-30(37)29(36)28(35)26(21-32)41-31/h3,5-7,9-13,16,18-19,22-26,28-33,35-37H,4,8,14-15,17,20-21H2,1-2H3/b5-3+,9-6-,12-7+,16-11?,18-10+,19-13-/t22-,23+,24-,25+,26-,28-,29+,30-,31-/m1/s1. The van der Waals surface area contributed by atoms with Crippen LogP contribution >= 0.6 is 0 Å². The first kappa shape index (κ1) is 34.8. The number of hydrogen-bond donors (Lipinski definition) is 5. The van der Waals surface area contributed by atoms with Crippen LogP contribution in [0, 0.1) is 0 Å². The fourth-order valence-corrected chi connectivity index (χ4v) is 4.26. The van der Waals surface area contributed by atoms with E-state index in [9.17, 15) is 30.3 Å². The van der Waals surface area contributed by atoms with Gasteiger partial charge in [0.1, 0.15) is 24.4 Å². The number of aliphatic hydroxyl groups is 5. The molecule has 0 unspecified atom stereocenters. The van der Waals surface area contributed by atoms with Crippen molar-refractivity contribution in [1.29, 1.82) is 0 Å². The minimum Gasteiger partial charge on any atom is -0.460 e. The summed E-state index contributed by atoms with van der Waals surface area (Å²) in [5.74, 6) is -0.443. The molecule has 2 heterocycles. The highest BCUT2D eigenvalue weighted by Gasteiger charge is 2.44. The van der Waals surface area contributed by atoms with E-state index in [-0.39, 0.29) is 12.2 Å². The number of carbonyl (C=O) groups excluding carboxylic acids is 1. The van der Waals surface area contributed by atoms with E-state index in [1.54, 1.807) is 43.6 Å². The van der Waals surface area contributed by atoms with Gasteiger partial charge in [0.15, 0.2) is 6.29 Å². The molecule has 0 aliphatic carbocycles. The average molecular weight is 579 g/mol. The quantitative estimate of drug-likeness (QED) is 0.314. The van der Waals surface area contributed by atoms with Crippen molar-refractivity contribution < 1.29 is 49.3 Å². The zero-order chi connectivity index (χ0) is 30.0. The van der Waals surface area contributed by atoms with Crippen LogP contribution in [0.25, 0.3) is 0 Å². The van der Waals surface area contributed by atoms with E-state index >= 15 is 0 Å². The third kappa shape index (κ3) is 13.4. The number of hydrogen-bond acceptors (Lipinski definition) is 10. The Kier molecular flexibility index (Phi) is 16.7. The molecule has 2 aliphatic heterocycles. The summed E-state index contributed by atoms with van der Waals surface area (Å²) < 4.78 is 22.2. The SMILES string of the molecule is CO[C@H]1/C=C/C=C/CCC[C@@H](C)OC(=O)/C=C\C=C\C[C@H](O[C@@H]2O[C@H](CO)[C@@H](O)[C@H](O)[C@H]2O)C=C/C=C\C[C@H](O)C1. The normalized spacial score (nSPS) is 39.1. The molecule has 230 valence electrons. The maximum atomic E-state index is 12.1. The van der Waals surface area contributed by atoms with E-state index in [1.165, 1.54) is 6.08 Å². The first-order valence-electron chi connectivity index (χ1n) is 14.1. The molecule has 10 nitrogen and oxygen atoms in total. The van der Waals surface area contributed by atoms with E-state index in [0.717, 1.165) is 19.3 Å². The van der Waals surface area contributed by atoms with Crippen molar-refractivity contribution in [3.05, 3.63) is 72.9 Å². The summed E-state index contributed by atoms with van der Waals surface area (Å²) in [5, 5.41) is 50.4. The summed E-state index contributed by atoms with van der Waals surface area (Å²) in [6, 6.07) is 0. The number of cyclic esters (lactones) is 1. The number of esters is 1. The predicted octanol–water partition coefficient (Wildman–Crippen LogP) is 2.17. The Bertz CT molecular complexity index is 922. The largest absolute Gasteiger partial charge is 0.460 e. The number of allylic oxidation sites excluding steroid dienone is 7. The van der Waals surface area contributed by atoms with Gasteiger partial charge in [-0.15, -0.1) is 0 Å². The summed E-state index contributed by atoms with van der Waals surface area (Å²) in [4.78, 5) is 12.1. The second kappa shape index (κ2) is 19.7. The fraction of sp³-hybridized carbons (Fsp3) is 0.581. The van der Waals surface area contributed by atoms with E-state index in [4.69, 9.17) is 18.9 Å². The molecule has 2 rings (SSSR count). The minimum absolute atomic E-state index is 0.223. The van der Waals surface area contributed by atoms with Crippen LogP contribution in [0.1, 0.15) is 45.4 Å². The van der Waals surface area contributed by atoms with Crippen LogP contribution in [0.3, 0.4) is 0 Å². The van der Waals surface area contributed by atoms with Gasteiger partial charge in [0.05, 0.1) is 31.0 Å². The Morgan fingerprint density at radius 2 is 1.56 bits per heavy atom. The van der Waals surface area contributed by atoms with Crippen molar-refractivity contribution in [2.45, 2.75) is 101 Å². The molecular weight excluding hydrogens is 532 g/mol. The van der Waals surface area contributed by atoms with E-state index in [2.05, 4.69) is 0 Å². The molecule has 0 bridgehead atoms. The lowest BCUT2D eigenvalue weighted by atomic mass is 9.99. The van der Waals surface area contributed by atoms with Crippen molar-refractivity contribution in [1.82, 2.24) is 0 Å². The molecule has 2 aliphatic rings. The van der Waals surface area contributed by atoms with Crippen molar-refractivity contribution in [3.63, 3.8) is 0 Å². The second-order valence-electron chi connectivity index (χ2n) is 10.1. The Morgan fingerprint density at radius 3 is 2.29 bits per heavy atom. The number of aliphatic hydroxyl groups excluding tert-OH is 5. The lowest BCUT2D eigenvalue weighted by Gasteiger charge is -2.40. The zero-order valence-corrected chi connectivity index (χ0v) is 23.9. The number of methoxy groups -OCH3 is 1. The van der Waals surface area contributed by atoms with Crippen LogP contribution in [-0.4, -0.2) is 100 Å². The number of rotatable bonds is 4. The Labute approximate surface area is 242 Å². The van der Waals surface area contributed by atoms with Crippen molar-refractivity contribution in [3.8, 4) is 0 Å². The smallest absolute Gasteiger partial charge is 0.331 e. The Balaban J connectivity index is 2.14. The second-order valence-corrected chi connectivity index (χ2v) is 10.1. The molecular formula is C31H46O10. The predicted molar refractivity (Wildman–Crippen MR) is 154 cm³/mol. The van der Waals surface area contributed by atoms with Gasteiger partial charge in [-0.2, -0.15) is 0 Å². The summed E-state index contributed by atoms with van der Waals surface area (Å²) >= 11 is 0. The lowest BCUT2D eigenvalue weighted by molar-refractivity contribution is -0.307. The van der Waals surface area contributed by atoms with Crippen LogP contribution < -0.4 is 0 Å². The van der Waals surface area contributed by atoms with Gasteiger partial charge in [-0.3, -0.25) is 0 Å². The molecule has 41 heavy (non-hydrogen) atoms. The monoisotopic (exact) mass is 578 g/mol. The van der Waals surface area contributed by atoms with Crippen LogP contribution in [0.2, 0.25) is 0 Å². The van der Waals surface area contributed by atoms with E-state index in [1.807, 2.05) is 37.3 Å². The van der Waals surface area contributed by atoms with Gasteiger partial charge in [0, 0.05) is 19.6 Å². The molecule has 0 amide bonds. The molecule has 0 saturated carbocycles. The van der Waals surface area contributed by atoms with Crippen molar-refractivity contribution in [2.24, 2.45) is 0 Å². The van der Waals surface area contributed by atoms with Gasteiger partial charge >= 0.3 is 5.97 Å². The molecule has 0 radical (unpaired) electrons. The summed E-state index contributed by atoms with van der Waals surface area (Å²) in [6.07, 6.45) is 16.0. The van der Waals surface area contributed by atoms with Crippen LogP contribution in [0.5, 0.6) is 0 Å².